The summed E-state index contributed by atoms with van der Waals surface area (Å²) in [5, 5.41) is 23.3. The molecule has 1 aliphatic heterocycles. The van der Waals surface area contributed by atoms with Gasteiger partial charge in [0, 0.05) is 31.6 Å². The van der Waals surface area contributed by atoms with Crippen molar-refractivity contribution in [3.05, 3.63) is 45.9 Å². The number of benzene rings is 1. The summed E-state index contributed by atoms with van der Waals surface area (Å²) in [5.41, 5.74) is 4.43. The summed E-state index contributed by atoms with van der Waals surface area (Å²) in [6.07, 6.45) is 5.71. The van der Waals surface area contributed by atoms with Gasteiger partial charge in [-0.1, -0.05) is 18.6 Å². The first-order valence-electron chi connectivity index (χ1n) is 12.5. The van der Waals surface area contributed by atoms with Crippen LogP contribution in [0.15, 0.2) is 29.1 Å². The molecule has 1 aliphatic carbocycles. The third-order valence-electron chi connectivity index (χ3n) is 7.14. The first-order chi connectivity index (χ1) is 16.5. The van der Waals surface area contributed by atoms with Gasteiger partial charge in [-0.15, -0.1) is 11.3 Å². The Labute approximate surface area is 206 Å². The summed E-state index contributed by atoms with van der Waals surface area (Å²) < 4.78 is 6.08. The first kappa shape index (κ1) is 25.1. The number of carbonyl (C=O) groups excluding carboxylic acids is 1. The van der Waals surface area contributed by atoms with Crippen LogP contribution in [-0.4, -0.2) is 75.9 Å². The van der Waals surface area contributed by atoms with E-state index in [4.69, 9.17) is 4.74 Å². The number of nitrogens with zero attached hydrogens (tertiary/aromatic N) is 3. The van der Waals surface area contributed by atoms with Gasteiger partial charge in [-0.25, -0.2) is 4.98 Å². The molecule has 1 saturated carbocycles. The number of thiazole rings is 1. The van der Waals surface area contributed by atoms with E-state index in [1.54, 1.807) is 11.3 Å². The Bertz CT molecular complexity index is 919. The lowest BCUT2D eigenvalue weighted by Gasteiger charge is -2.35. The van der Waals surface area contributed by atoms with E-state index >= 15 is 0 Å². The second kappa shape index (κ2) is 12.1. The average Bonchev–Trinajstić information content (AvgIpc) is 3.31. The van der Waals surface area contributed by atoms with Crippen molar-refractivity contribution in [2.24, 2.45) is 0 Å². The molecule has 34 heavy (non-hydrogen) atoms. The molecule has 2 atom stereocenters. The van der Waals surface area contributed by atoms with Crippen molar-refractivity contribution in [2.45, 2.75) is 76.2 Å². The van der Waals surface area contributed by atoms with Crippen LogP contribution >= 0.6 is 11.3 Å². The number of carbonyl (C=O) groups is 1. The van der Waals surface area contributed by atoms with Crippen LogP contribution in [-0.2, 0) is 13.0 Å². The van der Waals surface area contributed by atoms with E-state index in [0.29, 0.717) is 30.3 Å². The van der Waals surface area contributed by atoms with Gasteiger partial charge in [0.1, 0.15) is 18.5 Å². The highest BCUT2D eigenvalue weighted by Crippen LogP contribution is 2.31. The second-order valence-electron chi connectivity index (χ2n) is 9.60. The highest BCUT2D eigenvalue weighted by molar-refractivity contribution is 7.07. The highest BCUT2D eigenvalue weighted by atomic mass is 32.1. The quantitative estimate of drug-likeness (QED) is 0.687. The molecule has 0 spiro atoms. The van der Waals surface area contributed by atoms with Gasteiger partial charge >= 0.3 is 0 Å². The summed E-state index contributed by atoms with van der Waals surface area (Å²) in [6.45, 7) is 2.32. The minimum absolute atomic E-state index is 0.0320. The maximum Gasteiger partial charge on any atom is 0.257 e. The SMILES string of the molecule is CN(C(=O)c1cccc2c1OC[C@@H](O)[C@@H](O)CCN(Cc1cscn1)CCCCC2)C1CCC1. The minimum Gasteiger partial charge on any atom is -0.490 e. The Balaban J connectivity index is 1.48. The fourth-order valence-corrected chi connectivity index (χ4v) is 5.23. The highest BCUT2D eigenvalue weighted by Gasteiger charge is 2.29. The summed E-state index contributed by atoms with van der Waals surface area (Å²) in [6, 6.07) is 6.05. The number of amides is 1. The molecular formula is C26H37N3O4S. The smallest absolute Gasteiger partial charge is 0.257 e. The van der Waals surface area contributed by atoms with Crippen LogP contribution < -0.4 is 4.74 Å². The van der Waals surface area contributed by atoms with E-state index in [0.717, 1.165) is 69.3 Å². The van der Waals surface area contributed by atoms with Gasteiger partial charge in [-0.05, 0) is 63.1 Å². The molecular weight excluding hydrogens is 450 g/mol. The van der Waals surface area contributed by atoms with Crippen molar-refractivity contribution in [1.82, 2.24) is 14.8 Å². The van der Waals surface area contributed by atoms with Crippen molar-refractivity contribution >= 4 is 17.2 Å². The molecule has 4 rings (SSSR count). The Hall–Kier alpha value is -2.00. The molecule has 2 aliphatic rings. The van der Waals surface area contributed by atoms with E-state index in [-0.39, 0.29) is 12.5 Å². The lowest BCUT2D eigenvalue weighted by molar-refractivity contribution is -0.0165. The summed E-state index contributed by atoms with van der Waals surface area (Å²) >= 11 is 1.59. The number of rotatable bonds is 4. The number of ether oxygens (including phenoxy) is 1. The van der Waals surface area contributed by atoms with Crippen molar-refractivity contribution < 1.29 is 19.7 Å². The molecule has 8 heteroatoms. The molecule has 0 saturated heterocycles. The number of aromatic nitrogens is 1. The maximum atomic E-state index is 13.3. The fraction of sp³-hybridized carbons (Fsp3) is 0.615. The number of para-hydroxylation sites is 1. The zero-order chi connectivity index (χ0) is 23.9. The lowest BCUT2D eigenvalue weighted by atomic mass is 9.91. The molecule has 0 radical (unpaired) electrons. The van der Waals surface area contributed by atoms with Crippen LogP contribution in [0.25, 0.3) is 0 Å². The molecule has 0 bridgehead atoms. The topological polar surface area (TPSA) is 86.1 Å². The number of aliphatic hydroxyl groups is 2. The van der Waals surface area contributed by atoms with Gasteiger partial charge in [0.2, 0.25) is 0 Å². The molecule has 186 valence electrons. The summed E-state index contributed by atoms with van der Waals surface area (Å²) in [7, 11) is 1.87. The van der Waals surface area contributed by atoms with Crippen LogP contribution in [0.1, 0.15) is 66.6 Å². The van der Waals surface area contributed by atoms with Crippen LogP contribution in [0.3, 0.4) is 0 Å². The number of hydrogen-bond acceptors (Lipinski definition) is 7. The minimum atomic E-state index is -1.02. The molecule has 2 heterocycles. The normalized spacial score (nSPS) is 23.3. The predicted octanol–water partition coefficient (Wildman–Crippen LogP) is 3.49. The molecule has 2 aromatic rings. The summed E-state index contributed by atoms with van der Waals surface area (Å²) in [4.78, 5) is 21.8. The lowest BCUT2D eigenvalue weighted by Crippen LogP contribution is -2.41. The van der Waals surface area contributed by atoms with Gasteiger partial charge in [-0.2, -0.15) is 0 Å². The van der Waals surface area contributed by atoms with Crippen molar-refractivity contribution in [1.29, 1.82) is 0 Å². The van der Waals surface area contributed by atoms with Gasteiger partial charge in [0.25, 0.3) is 5.91 Å². The van der Waals surface area contributed by atoms with E-state index < -0.39 is 12.2 Å². The molecule has 1 aromatic carbocycles. The zero-order valence-electron chi connectivity index (χ0n) is 20.1. The van der Waals surface area contributed by atoms with Gasteiger partial charge in [0.15, 0.2) is 0 Å². The largest absolute Gasteiger partial charge is 0.490 e. The summed E-state index contributed by atoms with van der Waals surface area (Å²) in [5.74, 6) is 0.530. The second-order valence-corrected chi connectivity index (χ2v) is 10.3. The van der Waals surface area contributed by atoms with Crippen molar-refractivity contribution in [2.75, 3.05) is 26.7 Å². The Morgan fingerprint density at radius 3 is 2.74 bits per heavy atom. The van der Waals surface area contributed by atoms with E-state index in [2.05, 4.69) is 15.3 Å². The monoisotopic (exact) mass is 487 g/mol. The third kappa shape index (κ3) is 6.36. The number of fused-ring (bicyclic) bond motifs is 1. The van der Waals surface area contributed by atoms with E-state index in [1.807, 2.05) is 35.7 Å². The predicted molar refractivity (Wildman–Crippen MR) is 133 cm³/mol. The number of aryl methyl sites for hydroxylation is 1. The van der Waals surface area contributed by atoms with E-state index in [1.165, 1.54) is 0 Å². The average molecular weight is 488 g/mol. The fourth-order valence-electron chi connectivity index (χ4n) is 4.68. The number of aliphatic hydroxyl groups excluding tert-OH is 2. The Morgan fingerprint density at radius 1 is 1.15 bits per heavy atom. The van der Waals surface area contributed by atoms with Gasteiger partial charge in [0.05, 0.1) is 22.9 Å². The molecule has 1 amide bonds. The molecule has 0 unspecified atom stereocenters. The first-order valence-corrected chi connectivity index (χ1v) is 13.4. The molecule has 2 N–H and O–H groups in total. The molecule has 1 aromatic heterocycles. The van der Waals surface area contributed by atoms with Gasteiger partial charge < -0.3 is 19.8 Å². The Kier molecular flexibility index (Phi) is 8.94. The maximum absolute atomic E-state index is 13.3. The third-order valence-corrected chi connectivity index (χ3v) is 7.78. The standard InChI is InChI=1S/C26H37N3O4S/c1-28(21-9-6-10-21)26(32)22-11-5-8-19-7-3-2-4-13-29(15-20-17-34-18-27-20)14-12-23(30)24(31)16-33-25(19)22/h5,8,11,17-18,21,23-24,30-31H,2-4,6-7,9-10,12-16H2,1H3/t23-,24+/m0/s1. The zero-order valence-corrected chi connectivity index (χ0v) is 20.9. The van der Waals surface area contributed by atoms with Crippen LogP contribution in [0.2, 0.25) is 0 Å². The van der Waals surface area contributed by atoms with Crippen LogP contribution in [0.5, 0.6) is 5.75 Å². The van der Waals surface area contributed by atoms with Gasteiger partial charge in [-0.3, -0.25) is 9.69 Å². The molecule has 7 nitrogen and oxygen atoms in total. The van der Waals surface area contributed by atoms with Crippen molar-refractivity contribution in [3.8, 4) is 5.75 Å². The molecule has 1 fully saturated rings. The Morgan fingerprint density at radius 2 is 2.00 bits per heavy atom. The van der Waals surface area contributed by atoms with Crippen LogP contribution in [0, 0.1) is 0 Å². The number of hydrogen-bond donors (Lipinski definition) is 2. The van der Waals surface area contributed by atoms with Crippen molar-refractivity contribution in [3.63, 3.8) is 0 Å². The van der Waals surface area contributed by atoms with Crippen LogP contribution in [0.4, 0.5) is 0 Å². The van der Waals surface area contributed by atoms with E-state index in [9.17, 15) is 15.0 Å².